The maximum Gasteiger partial charge on any atom is 0.115 e. The Kier molecular flexibility index (Phi) is 5.86. The summed E-state index contributed by atoms with van der Waals surface area (Å²) in [5, 5.41) is 9.31. The van der Waals surface area contributed by atoms with Crippen molar-refractivity contribution < 1.29 is 5.11 Å². The van der Waals surface area contributed by atoms with Crippen LogP contribution in [0, 0.1) is 0 Å². The summed E-state index contributed by atoms with van der Waals surface area (Å²) in [4.78, 5) is 2.66. The highest BCUT2D eigenvalue weighted by Crippen LogP contribution is 2.24. The summed E-state index contributed by atoms with van der Waals surface area (Å²) in [5.74, 6) is 0.348. The molecule has 0 saturated carbocycles. The van der Waals surface area contributed by atoms with Crippen LogP contribution in [0.25, 0.3) is 0 Å². The lowest BCUT2D eigenvalue weighted by Crippen LogP contribution is -2.46. The molecule has 1 aliphatic rings. The predicted molar refractivity (Wildman–Crippen MR) is 83.9 cm³/mol. The average Bonchev–Trinajstić information content (AvgIpc) is 2.47. The Balaban J connectivity index is 1.86. The number of nitrogens with two attached hydrogens (primary N) is 1. The monoisotopic (exact) mass is 276 g/mol. The molecule has 1 saturated heterocycles. The largest absolute Gasteiger partial charge is 0.508 e. The molecule has 0 spiro atoms. The Bertz CT molecular complexity index is 388. The second-order valence-corrected chi connectivity index (χ2v) is 6.02. The Hall–Kier alpha value is -1.06. The highest BCUT2D eigenvalue weighted by molar-refractivity contribution is 5.25. The molecule has 3 heteroatoms. The van der Waals surface area contributed by atoms with Crippen LogP contribution in [0.1, 0.15) is 44.6 Å². The van der Waals surface area contributed by atoms with Crippen LogP contribution in [-0.2, 0) is 6.42 Å². The van der Waals surface area contributed by atoms with Gasteiger partial charge in [0.1, 0.15) is 5.75 Å². The fraction of sp³-hybridized carbons (Fsp3) is 0.647. The number of likely N-dealkylation sites (tertiary alicyclic amines) is 1. The van der Waals surface area contributed by atoms with Gasteiger partial charge >= 0.3 is 0 Å². The van der Waals surface area contributed by atoms with E-state index in [9.17, 15) is 5.11 Å². The lowest BCUT2D eigenvalue weighted by atomic mass is 9.95. The Labute approximate surface area is 122 Å². The number of aromatic hydroxyl groups is 1. The van der Waals surface area contributed by atoms with Crippen LogP contribution in [0.3, 0.4) is 0 Å². The molecule has 1 aliphatic heterocycles. The normalized spacial score (nSPS) is 21.8. The standard InChI is InChI=1S/C17H28N2O/c1-14(5-6-15-7-9-17(20)10-8-15)19-13-3-2-4-16(19)11-12-18/h7-10,14,16,20H,2-6,11-13,18H2,1H3. The van der Waals surface area contributed by atoms with Gasteiger partial charge in [-0.25, -0.2) is 0 Å². The van der Waals surface area contributed by atoms with Gasteiger partial charge < -0.3 is 10.8 Å². The molecule has 1 aromatic rings. The molecule has 112 valence electrons. The SMILES string of the molecule is CC(CCc1ccc(O)cc1)N1CCCCC1CCN. The molecule has 1 fully saturated rings. The fourth-order valence-electron chi connectivity index (χ4n) is 3.31. The maximum absolute atomic E-state index is 9.31. The van der Waals surface area contributed by atoms with E-state index in [0.717, 1.165) is 19.4 Å². The first-order valence-electron chi connectivity index (χ1n) is 7.94. The van der Waals surface area contributed by atoms with E-state index in [2.05, 4.69) is 11.8 Å². The van der Waals surface area contributed by atoms with Gasteiger partial charge in [0.25, 0.3) is 0 Å². The minimum atomic E-state index is 0.348. The molecule has 0 aliphatic carbocycles. The van der Waals surface area contributed by atoms with Crippen LogP contribution in [0.2, 0.25) is 0 Å². The predicted octanol–water partition coefficient (Wildman–Crippen LogP) is 2.92. The van der Waals surface area contributed by atoms with Crippen molar-refractivity contribution in [3.63, 3.8) is 0 Å². The second-order valence-electron chi connectivity index (χ2n) is 6.02. The molecule has 3 N–H and O–H groups in total. The Morgan fingerprint density at radius 1 is 1.30 bits per heavy atom. The Morgan fingerprint density at radius 3 is 2.75 bits per heavy atom. The van der Waals surface area contributed by atoms with Crippen molar-refractivity contribution in [3.05, 3.63) is 29.8 Å². The molecule has 2 rings (SSSR count). The van der Waals surface area contributed by atoms with Crippen molar-refractivity contribution in [2.75, 3.05) is 13.1 Å². The van der Waals surface area contributed by atoms with Crippen LogP contribution in [0.5, 0.6) is 5.75 Å². The number of phenols is 1. The second kappa shape index (κ2) is 7.65. The van der Waals surface area contributed by atoms with Crippen LogP contribution in [0.15, 0.2) is 24.3 Å². The maximum atomic E-state index is 9.31. The van der Waals surface area contributed by atoms with Gasteiger partial charge in [-0.05, 0) is 69.8 Å². The van der Waals surface area contributed by atoms with E-state index in [-0.39, 0.29) is 0 Å². The van der Waals surface area contributed by atoms with Crippen molar-refractivity contribution in [2.24, 2.45) is 5.73 Å². The lowest BCUT2D eigenvalue weighted by Gasteiger charge is -2.40. The van der Waals surface area contributed by atoms with E-state index in [0.29, 0.717) is 17.8 Å². The minimum Gasteiger partial charge on any atom is -0.508 e. The zero-order chi connectivity index (χ0) is 14.4. The first-order valence-corrected chi connectivity index (χ1v) is 7.94. The van der Waals surface area contributed by atoms with E-state index in [1.807, 2.05) is 12.1 Å². The quantitative estimate of drug-likeness (QED) is 0.840. The molecular formula is C17H28N2O. The van der Waals surface area contributed by atoms with Gasteiger partial charge in [-0.3, -0.25) is 4.90 Å². The number of aryl methyl sites for hydroxylation is 1. The van der Waals surface area contributed by atoms with Gasteiger partial charge in [0.05, 0.1) is 0 Å². The first-order chi connectivity index (χ1) is 9.70. The number of hydrogen-bond acceptors (Lipinski definition) is 3. The smallest absolute Gasteiger partial charge is 0.115 e. The molecule has 0 amide bonds. The van der Waals surface area contributed by atoms with Crippen molar-refractivity contribution in [3.8, 4) is 5.75 Å². The molecular weight excluding hydrogens is 248 g/mol. The topological polar surface area (TPSA) is 49.5 Å². The van der Waals surface area contributed by atoms with Gasteiger partial charge in [0.2, 0.25) is 0 Å². The van der Waals surface area contributed by atoms with Gasteiger partial charge in [-0.15, -0.1) is 0 Å². The van der Waals surface area contributed by atoms with Crippen LogP contribution >= 0.6 is 0 Å². The lowest BCUT2D eigenvalue weighted by molar-refractivity contribution is 0.0940. The summed E-state index contributed by atoms with van der Waals surface area (Å²) in [6.07, 6.45) is 7.36. The molecule has 2 atom stereocenters. The summed E-state index contributed by atoms with van der Waals surface area (Å²) in [6, 6.07) is 8.89. The number of hydrogen-bond donors (Lipinski definition) is 2. The molecule has 3 nitrogen and oxygen atoms in total. The van der Waals surface area contributed by atoms with E-state index >= 15 is 0 Å². The number of phenolic OH excluding ortho intramolecular Hbond substituents is 1. The molecule has 2 unspecified atom stereocenters. The fourth-order valence-corrected chi connectivity index (χ4v) is 3.31. The van der Waals surface area contributed by atoms with Gasteiger partial charge in [-0.2, -0.15) is 0 Å². The summed E-state index contributed by atoms with van der Waals surface area (Å²) >= 11 is 0. The minimum absolute atomic E-state index is 0.348. The van der Waals surface area contributed by atoms with E-state index in [4.69, 9.17) is 5.73 Å². The molecule has 0 bridgehead atoms. The van der Waals surface area contributed by atoms with Gasteiger partial charge in [0, 0.05) is 12.1 Å². The Morgan fingerprint density at radius 2 is 2.05 bits per heavy atom. The first kappa shape index (κ1) is 15.3. The van der Waals surface area contributed by atoms with Gasteiger partial charge in [0.15, 0.2) is 0 Å². The summed E-state index contributed by atoms with van der Waals surface area (Å²) in [5.41, 5.74) is 7.06. The highest BCUT2D eigenvalue weighted by atomic mass is 16.3. The molecule has 20 heavy (non-hydrogen) atoms. The van der Waals surface area contributed by atoms with Crippen LogP contribution < -0.4 is 5.73 Å². The van der Waals surface area contributed by atoms with E-state index in [1.165, 1.54) is 37.8 Å². The third-order valence-electron chi connectivity index (χ3n) is 4.53. The molecule has 1 heterocycles. The van der Waals surface area contributed by atoms with Crippen molar-refractivity contribution in [2.45, 2.75) is 57.5 Å². The van der Waals surface area contributed by atoms with E-state index in [1.54, 1.807) is 12.1 Å². The highest BCUT2D eigenvalue weighted by Gasteiger charge is 2.25. The number of rotatable bonds is 6. The molecule has 0 radical (unpaired) electrons. The van der Waals surface area contributed by atoms with Crippen LogP contribution in [-0.4, -0.2) is 35.2 Å². The van der Waals surface area contributed by atoms with Gasteiger partial charge in [-0.1, -0.05) is 18.6 Å². The molecule has 0 aromatic heterocycles. The molecule has 1 aromatic carbocycles. The summed E-state index contributed by atoms with van der Waals surface area (Å²) in [6.45, 7) is 4.36. The average molecular weight is 276 g/mol. The zero-order valence-corrected chi connectivity index (χ0v) is 12.6. The van der Waals surface area contributed by atoms with Crippen LogP contribution in [0.4, 0.5) is 0 Å². The third-order valence-corrected chi connectivity index (χ3v) is 4.53. The number of nitrogens with zero attached hydrogens (tertiary/aromatic N) is 1. The summed E-state index contributed by atoms with van der Waals surface area (Å²) < 4.78 is 0. The summed E-state index contributed by atoms with van der Waals surface area (Å²) in [7, 11) is 0. The third kappa shape index (κ3) is 4.22. The van der Waals surface area contributed by atoms with Crippen molar-refractivity contribution >= 4 is 0 Å². The van der Waals surface area contributed by atoms with E-state index < -0.39 is 0 Å². The van der Waals surface area contributed by atoms with Crippen molar-refractivity contribution in [1.82, 2.24) is 4.90 Å². The number of piperidine rings is 1. The zero-order valence-electron chi connectivity index (χ0n) is 12.6. The number of benzene rings is 1. The van der Waals surface area contributed by atoms with Crippen molar-refractivity contribution in [1.29, 1.82) is 0 Å².